The van der Waals surface area contributed by atoms with Gasteiger partial charge in [0, 0.05) is 38.8 Å². The Kier molecular flexibility index (Phi) is 5.02. The first-order valence-electron chi connectivity index (χ1n) is 7.38. The number of aliphatic hydroxyl groups excluding tert-OH is 1. The van der Waals surface area contributed by atoms with Gasteiger partial charge in [-0.1, -0.05) is 6.07 Å². The first-order chi connectivity index (χ1) is 9.45. The highest BCUT2D eigenvalue weighted by molar-refractivity contribution is 5.33. The third kappa shape index (κ3) is 3.95. The molecule has 0 aromatic heterocycles. The Balaban J connectivity index is 1.93. The second-order valence-electron chi connectivity index (χ2n) is 6.04. The zero-order valence-electron chi connectivity index (χ0n) is 12.7. The predicted octanol–water partition coefficient (Wildman–Crippen LogP) is 1.59. The molecule has 4 nitrogen and oxygen atoms in total. The van der Waals surface area contributed by atoms with Crippen LogP contribution in [0.2, 0.25) is 0 Å². The van der Waals surface area contributed by atoms with Crippen LogP contribution in [0.1, 0.15) is 25.0 Å². The molecule has 0 radical (unpaired) electrons. The van der Waals surface area contributed by atoms with Crippen molar-refractivity contribution in [1.29, 1.82) is 0 Å². The number of aliphatic hydroxyl groups is 1. The van der Waals surface area contributed by atoms with Gasteiger partial charge in [-0.2, -0.15) is 0 Å². The molecule has 1 aromatic carbocycles. The van der Waals surface area contributed by atoms with Crippen molar-refractivity contribution in [2.75, 3.05) is 26.2 Å². The Morgan fingerprint density at radius 1 is 1.35 bits per heavy atom. The lowest BCUT2D eigenvalue weighted by Gasteiger charge is -2.40. The Morgan fingerprint density at radius 3 is 2.70 bits per heavy atom. The molecule has 2 atom stereocenters. The van der Waals surface area contributed by atoms with Gasteiger partial charge >= 0.3 is 0 Å². The maximum Gasteiger partial charge on any atom is 0.115 e. The van der Waals surface area contributed by atoms with Gasteiger partial charge in [0.1, 0.15) is 5.75 Å². The predicted molar refractivity (Wildman–Crippen MR) is 80.8 cm³/mol. The number of rotatable bonds is 4. The molecule has 1 aliphatic rings. The van der Waals surface area contributed by atoms with Gasteiger partial charge in [0.05, 0.1) is 6.10 Å². The Morgan fingerprint density at radius 2 is 2.10 bits per heavy atom. The van der Waals surface area contributed by atoms with E-state index in [9.17, 15) is 10.2 Å². The first kappa shape index (κ1) is 15.3. The van der Waals surface area contributed by atoms with E-state index in [0.717, 1.165) is 38.3 Å². The van der Waals surface area contributed by atoms with Gasteiger partial charge in [0.2, 0.25) is 0 Å². The van der Waals surface area contributed by atoms with Crippen LogP contribution < -0.4 is 0 Å². The summed E-state index contributed by atoms with van der Waals surface area (Å²) in [6.07, 6.45) is -0.261. The van der Waals surface area contributed by atoms with E-state index < -0.39 is 0 Å². The van der Waals surface area contributed by atoms with Crippen molar-refractivity contribution in [3.05, 3.63) is 29.3 Å². The van der Waals surface area contributed by atoms with E-state index in [1.165, 1.54) is 5.56 Å². The summed E-state index contributed by atoms with van der Waals surface area (Å²) < 4.78 is 0. The number of nitrogens with zero attached hydrogens (tertiary/aromatic N) is 2. The molecule has 0 saturated carbocycles. The van der Waals surface area contributed by atoms with Crippen molar-refractivity contribution >= 4 is 0 Å². The second-order valence-corrected chi connectivity index (χ2v) is 6.04. The van der Waals surface area contributed by atoms with Gasteiger partial charge in [0.25, 0.3) is 0 Å². The van der Waals surface area contributed by atoms with Crippen molar-refractivity contribution in [3.8, 4) is 5.75 Å². The molecule has 20 heavy (non-hydrogen) atoms. The fraction of sp³-hybridized carbons (Fsp3) is 0.625. The lowest BCUT2D eigenvalue weighted by Crippen LogP contribution is -2.53. The van der Waals surface area contributed by atoms with Gasteiger partial charge in [-0.05, 0) is 44.0 Å². The van der Waals surface area contributed by atoms with Crippen LogP contribution in [-0.4, -0.2) is 58.3 Å². The molecule has 1 saturated heterocycles. The van der Waals surface area contributed by atoms with Crippen molar-refractivity contribution < 1.29 is 10.2 Å². The Labute approximate surface area is 121 Å². The Bertz CT molecular complexity index is 448. The SMILES string of the molecule is Cc1cc(O)ccc1CN1CCN(CC(C)O)C(C)C1. The van der Waals surface area contributed by atoms with Crippen LogP contribution in [0, 0.1) is 6.92 Å². The van der Waals surface area contributed by atoms with E-state index in [0.29, 0.717) is 11.8 Å². The van der Waals surface area contributed by atoms with Gasteiger partial charge in [-0.25, -0.2) is 0 Å². The number of phenolic OH excluding ortho intramolecular Hbond substituents is 1. The molecular formula is C16H26N2O2. The molecular weight excluding hydrogens is 252 g/mol. The topological polar surface area (TPSA) is 46.9 Å². The average Bonchev–Trinajstić information content (AvgIpc) is 2.36. The highest BCUT2D eigenvalue weighted by Crippen LogP contribution is 2.19. The molecule has 1 fully saturated rings. The molecule has 1 heterocycles. The van der Waals surface area contributed by atoms with Crippen LogP contribution in [0.3, 0.4) is 0 Å². The van der Waals surface area contributed by atoms with E-state index in [2.05, 4.69) is 16.7 Å². The minimum absolute atomic E-state index is 0.261. The molecule has 2 rings (SSSR count). The van der Waals surface area contributed by atoms with Crippen LogP contribution in [-0.2, 0) is 6.54 Å². The molecule has 1 aliphatic heterocycles. The largest absolute Gasteiger partial charge is 0.508 e. The van der Waals surface area contributed by atoms with Crippen molar-refractivity contribution in [2.24, 2.45) is 0 Å². The first-order valence-corrected chi connectivity index (χ1v) is 7.38. The molecule has 0 spiro atoms. The van der Waals surface area contributed by atoms with Crippen LogP contribution in [0.5, 0.6) is 5.75 Å². The van der Waals surface area contributed by atoms with E-state index >= 15 is 0 Å². The molecule has 0 aliphatic carbocycles. The maximum atomic E-state index is 9.51. The third-order valence-electron chi connectivity index (χ3n) is 4.07. The summed E-state index contributed by atoms with van der Waals surface area (Å²) in [6.45, 7) is 10.8. The standard InChI is InChI=1S/C16H26N2O2/c1-12-8-16(20)5-4-15(12)11-17-6-7-18(10-14(3)19)13(2)9-17/h4-5,8,13-14,19-20H,6-7,9-11H2,1-3H3. The summed E-state index contributed by atoms with van der Waals surface area (Å²) in [5, 5.41) is 19.0. The zero-order chi connectivity index (χ0) is 14.7. The van der Waals surface area contributed by atoms with Crippen LogP contribution in [0.4, 0.5) is 0 Å². The summed E-state index contributed by atoms with van der Waals surface area (Å²) in [5.41, 5.74) is 2.42. The highest BCUT2D eigenvalue weighted by Gasteiger charge is 2.24. The monoisotopic (exact) mass is 278 g/mol. The van der Waals surface area contributed by atoms with E-state index in [1.807, 2.05) is 26.0 Å². The van der Waals surface area contributed by atoms with E-state index in [1.54, 1.807) is 6.07 Å². The summed E-state index contributed by atoms with van der Waals surface area (Å²) >= 11 is 0. The lowest BCUT2D eigenvalue weighted by molar-refractivity contribution is 0.0422. The van der Waals surface area contributed by atoms with Crippen molar-refractivity contribution in [1.82, 2.24) is 9.80 Å². The lowest BCUT2D eigenvalue weighted by atomic mass is 10.1. The summed E-state index contributed by atoms with van der Waals surface area (Å²) in [7, 11) is 0. The highest BCUT2D eigenvalue weighted by atomic mass is 16.3. The number of benzene rings is 1. The smallest absolute Gasteiger partial charge is 0.115 e. The van der Waals surface area contributed by atoms with Gasteiger partial charge in [-0.3, -0.25) is 9.80 Å². The van der Waals surface area contributed by atoms with Crippen LogP contribution in [0.15, 0.2) is 18.2 Å². The Hall–Kier alpha value is -1.10. The number of aromatic hydroxyl groups is 1. The van der Waals surface area contributed by atoms with Crippen LogP contribution >= 0.6 is 0 Å². The number of β-amino-alcohol motifs (C(OH)–C–C–N with tert-alkyl or cyclic N) is 1. The minimum Gasteiger partial charge on any atom is -0.508 e. The fourth-order valence-corrected chi connectivity index (χ4v) is 2.92. The molecule has 112 valence electrons. The van der Waals surface area contributed by atoms with Crippen LogP contribution in [0.25, 0.3) is 0 Å². The molecule has 1 aromatic rings. The summed E-state index contributed by atoms with van der Waals surface area (Å²) in [4.78, 5) is 4.80. The number of aryl methyl sites for hydroxylation is 1. The zero-order valence-corrected chi connectivity index (χ0v) is 12.7. The number of phenols is 1. The molecule has 4 heteroatoms. The molecule has 2 N–H and O–H groups in total. The van der Waals surface area contributed by atoms with E-state index in [4.69, 9.17) is 0 Å². The second kappa shape index (κ2) is 6.57. The van der Waals surface area contributed by atoms with Gasteiger partial charge in [0.15, 0.2) is 0 Å². The van der Waals surface area contributed by atoms with Crippen molar-refractivity contribution in [3.63, 3.8) is 0 Å². The average molecular weight is 278 g/mol. The summed E-state index contributed by atoms with van der Waals surface area (Å²) in [6, 6.07) is 6.06. The number of hydrogen-bond donors (Lipinski definition) is 2. The van der Waals surface area contributed by atoms with E-state index in [-0.39, 0.29) is 6.10 Å². The van der Waals surface area contributed by atoms with Crippen molar-refractivity contribution in [2.45, 2.75) is 39.5 Å². The quantitative estimate of drug-likeness (QED) is 0.878. The molecule has 0 bridgehead atoms. The number of hydrogen-bond acceptors (Lipinski definition) is 4. The third-order valence-corrected chi connectivity index (χ3v) is 4.07. The van der Waals surface area contributed by atoms with Gasteiger partial charge < -0.3 is 10.2 Å². The molecule has 0 amide bonds. The summed E-state index contributed by atoms with van der Waals surface area (Å²) in [5.74, 6) is 0.335. The number of piperazine rings is 1. The van der Waals surface area contributed by atoms with Gasteiger partial charge in [-0.15, -0.1) is 0 Å². The molecule has 2 unspecified atom stereocenters. The minimum atomic E-state index is -0.261. The maximum absolute atomic E-state index is 9.51. The normalized spacial score (nSPS) is 22.9. The fourth-order valence-electron chi connectivity index (χ4n) is 2.92.